The Bertz CT molecular complexity index is 1120. The molecule has 6 nitrogen and oxygen atoms in total. The second kappa shape index (κ2) is 8.31. The Morgan fingerprint density at radius 2 is 1.91 bits per heavy atom. The fraction of sp³-hybridized carbons (Fsp3) is 0.304. The molecule has 0 bridgehead atoms. The number of hydrogen-bond acceptors (Lipinski definition) is 4. The number of carbonyl (C=O) groups excluding carboxylic acids is 2. The molecular weight excluding hydrogens is 423 g/mol. The van der Waals surface area contributed by atoms with Gasteiger partial charge in [0.05, 0.1) is 30.4 Å². The number of nitrogens with zero attached hydrogens (tertiary/aromatic N) is 2. The van der Waals surface area contributed by atoms with Gasteiger partial charge in [0.2, 0.25) is 11.8 Å². The molecule has 32 heavy (non-hydrogen) atoms. The van der Waals surface area contributed by atoms with Gasteiger partial charge in [0, 0.05) is 5.39 Å². The normalized spacial score (nSPS) is 17.8. The molecule has 2 atom stereocenters. The highest BCUT2D eigenvalue weighted by Crippen LogP contribution is 2.38. The Morgan fingerprint density at radius 1 is 1.22 bits per heavy atom. The molecule has 3 aromatic rings. The highest BCUT2D eigenvalue weighted by Gasteiger charge is 2.49. The van der Waals surface area contributed by atoms with Crippen molar-refractivity contribution in [2.75, 3.05) is 23.8 Å². The van der Waals surface area contributed by atoms with E-state index in [0.29, 0.717) is 16.2 Å². The zero-order valence-corrected chi connectivity index (χ0v) is 17.5. The Labute approximate surface area is 182 Å². The Balaban J connectivity index is 1.62. The predicted octanol–water partition coefficient (Wildman–Crippen LogP) is 4.73. The summed E-state index contributed by atoms with van der Waals surface area (Å²) < 4.78 is 47.5. The van der Waals surface area contributed by atoms with E-state index < -0.39 is 30.5 Å². The van der Waals surface area contributed by atoms with Crippen LogP contribution in [0.2, 0.25) is 0 Å². The van der Waals surface area contributed by atoms with E-state index in [-0.39, 0.29) is 24.0 Å². The molecule has 0 aliphatic carbocycles. The fourth-order valence-electron chi connectivity index (χ4n) is 3.85. The molecule has 0 saturated carbocycles. The Morgan fingerprint density at radius 3 is 2.62 bits per heavy atom. The van der Waals surface area contributed by atoms with Crippen molar-refractivity contribution in [1.29, 1.82) is 0 Å². The van der Waals surface area contributed by atoms with Crippen molar-refractivity contribution < 1.29 is 27.2 Å². The van der Waals surface area contributed by atoms with E-state index in [1.54, 1.807) is 18.0 Å². The zero-order valence-electron chi connectivity index (χ0n) is 17.5. The predicted molar refractivity (Wildman–Crippen MR) is 114 cm³/mol. The number of fused-ring (bicyclic) bond motifs is 2. The first-order valence-corrected chi connectivity index (χ1v) is 10.1. The molecule has 1 aliphatic rings. The number of halogens is 3. The van der Waals surface area contributed by atoms with Gasteiger partial charge in [-0.2, -0.15) is 13.2 Å². The maximum absolute atomic E-state index is 13.9. The summed E-state index contributed by atoms with van der Waals surface area (Å²) in [7, 11) is 1.64. The average Bonchev–Trinajstić information content (AvgIpc) is 3.10. The minimum Gasteiger partial charge on any atom is -0.459 e. The Kier molecular flexibility index (Phi) is 5.68. The van der Waals surface area contributed by atoms with Crippen molar-refractivity contribution in [3.8, 4) is 0 Å². The summed E-state index contributed by atoms with van der Waals surface area (Å²) in [6.07, 6.45) is -5.64. The first-order valence-electron chi connectivity index (χ1n) is 10.1. The topological polar surface area (TPSA) is 65.8 Å². The van der Waals surface area contributed by atoms with Crippen molar-refractivity contribution in [1.82, 2.24) is 4.90 Å². The van der Waals surface area contributed by atoms with E-state index in [2.05, 4.69) is 5.32 Å². The first-order chi connectivity index (χ1) is 15.1. The lowest BCUT2D eigenvalue weighted by atomic mass is 10.1. The quantitative estimate of drug-likeness (QED) is 0.631. The highest BCUT2D eigenvalue weighted by molar-refractivity contribution is 6.05. The van der Waals surface area contributed by atoms with Crippen LogP contribution < -0.4 is 10.2 Å². The first kappa shape index (κ1) is 21.9. The summed E-state index contributed by atoms with van der Waals surface area (Å²) in [6, 6.07) is 12.7. The van der Waals surface area contributed by atoms with Gasteiger partial charge in [-0.3, -0.25) is 19.4 Å². The minimum atomic E-state index is -4.77. The number of anilines is 2. The van der Waals surface area contributed by atoms with Crippen LogP contribution >= 0.6 is 0 Å². The van der Waals surface area contributed by atoms with Gasteiger partial charge in [-0.25, -0.2) is 0 Å². The Hall–Kier alpha value is -3.33. The third kappa shape index (κ3) is 4.20. The third-order valence-corrected chi connectivity index (χ3v) is 5.68. The molecule has 0 spiro atoms. The van der Waals surface area contributed by atoms with Gasteiger partial charge in [-0.1, -0.05) is 30.3 Å². The van der Waals surface area contributed by atoms with Crippen molar-refractivity contribution in [2.24, 2.45) is 0 Å². The zero-order chi connectivity index (χ0) is 23.0. The largest absolute Gasteiger partial charge is 0.459 e. The maximum Gasteiger partial charge on any atom is 0.409 e. The van der Waals surface area contributed by atoms with Crippen LogP contribution in [0.15, 0.2) is 59.0 Å². The van der Waals surface area contributed by atoms with E-state index in [1.165, 1.54) is 18.2 Å². The number of amides is 2. The molecule has 0 radical (unpaired) electrons. The number of likely N-dealkylation sites (N-methyl/N-ethyl adjacent to an activating group) is 1. The van der Waals surface area contributed by atoms with E-state index in [4.69, 9.17) is 4.42 Å². The molecule has 1 aliphatic heterocycles. The van der Waals surface area contributed by atoms with E-state index >= 15 is 0 Å². The third-order valence-electron chi connectivity index (χ3n) is 5.68. The minimum absolute atomic E-state index is 0.0236. The van der Waals surface area contributed by atoms with Crippen LogP contribution in [0.5, 0.6) is 0 Å². The molecule has 9 heteroatoms. The molecule has 0 unspecified atom stereocenters. The van der Waals surface area contributed by atoms with Crippen LogP contribution in [0.3, 0.4) is 0 Å². The summed E-state index contributed by atoms with van der Waals surface area (Å²) in [5.74, 6) is -0.956. The van der Waals surface area contributed by atoms with Crippen molar-refractivity contribution >= 4 is 34.2 Å². The smallest absolute Gasteiger partial charge is 0.409 e. The van der Waals surface area contributed by atoms with E-state index in [9.17, 15) is 22.8 Å². The second-order valence-corrected chi connectivity index (χ2v) is 7.87. The van der Waals surface area contributed by atoms with Gasteiger partial charge in [0.1, 0.15) is 17.4 Å². The number of carbonyl (C=O) groups is 2. The number of rotatable bonds is 4. The van der Waals surface area contributed by atoms with Crippen LogP contribution in [0, 0.1) is 0 Å². The van der Waals surface area contributed by atoms with Gasteiger partial charge in [-0.05, 0) is 38.2 Å². The lowest BCUT2D eigenvalue weighted by Crippen LogP contribution is -2.52. The maximum atomic E-state index is 13.9. The van der Waals surface area contributed by atoms with Gasteiger partial charge >= 0.3 is 6.18 Å². The lowest BCUT2D eigenvalue weighted by Gasteiger charge is -2.33. The molecule has 2 amide bonds. The van der Waals surface area contributed by atoms with Crippen molar-refractivity contribution in [3.63, 3.8) is 0 Å². The molecule has 1 N–H and O–H groups in total. The number of furan rings is 1. The van der Waals surface area contributed by atoms with Crippen LogP contribution in [0.4, 0.5) is 24.5 Å². The van der Waals surface area contributed by atoms with Crippen LogP contribution in [0.25, 0.3) is 11.0 Å². The van der Waals surface area contributed by atoms with Crippen LogP contribution in [0.1, 0.15) is 25.1 Å². The monoisotopic (exact) mass is 445 g/mol. The van der Waals surface area contributed by atoms with E-state index in [0.717, 1.165) is 5.39 Å². The number of alkyl halides is 3. The number of nitrogens with one attached hydrogen (secondary N) is 1. The van der Waals surface area contributed by atoms with Crippen molar-refractivity contribution in [3.05, 3.63) is 60.4 Å². The lowest BCUT2D eigenvalue weighted by molar-refractivity contribution is -0.158. The molecule has 0 saturated heterocycles. The molecule has 168 valence electrons. The average molecular weight is 445 g/mol. The summed E-state index contributed by atoms with van der Waals surface area (Å²) in [4.78, 5) is 27.6. The number of hydrogen-bond donors (Lipinski definition) is 1. The summed E-state index contributed by atoms with van der Waals surface area (Å²) >= 11 is 0. The van der Waals surface area contributed by atoms with Crippen LogP contribution in [-0.2, 0) is 9.59 Å². The molecule has 2 aromatic carbocycles. The van der Waals surface area contributed by atoms with Crippen LogP contribution in [-0.4, -0.2) is 42.5 Å². The number of para-hydroxylation sites is 3. The second-order valence-electron chi connectivity index (χ2n) is 7.87. The standard InChI is InChI=1S/C23H22F3N3O3/c1-14(19-11-15-7-3-6-10-18(15)32-19)28(2)13-22(31)29-17-9-5-4-8-16(17)27-21(30)12-20(29)23(24,25)26/h3-11,14,20H,12-13H2,1-2H3,(H,27,30)/t14-,20+/m1/s1. The van der Waals surface area contributed by atoms with Gasteiger partial charge in [0.15, 0.2) is 0 Å². The molecule has 2 heterocycles. The summed E-state index contributed by atoms with van der Waals surface area (Å²) in [5.41, 5.74) is 0.887. The van der Waals surface area contributed by atoms with E-state index in [1.807, 2.05) is 37.3 Å². The molecule has 0 fully saturated rings. The van der Waals surface area contributed by atoms with Gasteiger partial charge < -0.3 is 9.73 Å². The van der Waals surface area contributed by atoms with Gasteiger partial charge in [0.25, 0.3) is 0 Å². The SMILES string of the molecule is C[C@H](c1cc2ccccc2o1)N(C)CC(=O)N1c2ccccc2NC(=O)C[C@H]1C(F)(F)F. The molecule has 1 aromatic heterocycles. The summed E-state index contributed by atoms with van der Waals surface area (Å²) in [6.45, 7) is 1.51. The summed E-state index contributed by atoms with van der Waals surface area (Å²) in [5, 5.41) is 3.36. The van der Waals surface area contributed by atoms with Crippen molar-refractivity contribution in [2.45, 2.75) is 31.6 Å². The van der Waals surface area contributed by atoms with Gasteiger partial charge in [-0.15, -0.1) is 0 Å². The fourth-order valence-corrected chi connectivity index (χ4v) is 3.85. The highest BCUT2D eigenvalue weighted by atomic mass is 19.4. The number of benzene rings is 2. The molecule has 4 rings (SSSR count). The molecular formula is C23H22F3N3O3.